The smallest absolute Gasteiger partial charge is 0.354 e. The fourth-order valence-corrected chi connectivity index (χ4v) is 1.13. The van der Waals surface area contributed by atoms with Crippen LogP contribution in [0.5, 0.6) is 0 Å². The van der Waals surface area contributed by atoms with Gasteiger partial charge in [-0.3, -0.25) is 0 Å². The first kappa shape index (κ1) is 7.73. The zero-order valence-electron chi connectivity index (χ0n) is 6.69. The first-order valence-corrected chi connectivity index (χ1v) is 3.77. The van der Waals surface area contributed by atoms with Crippen molar-refractivity contribution in [2.45, 2.75) is 0 Å². The summed E-state index contributed by atoms with van der Waals surface area (Å²) in [5, 5.41) is 9.59. The van der Waals surface area contributed by atoms with Crippen molar-refractivity contribution in [3.8, 4) is 0 Å². The number of rotatable bonds is 1. The van der Waals surface area contributed by atoms with Gasteiger partial charge >= 0.3 is 5.97 Å². The Hall–Kier alpha value is -1.90. The highest BCUT2D eigenvalue weighted by molar-refractivity contribution is 5.89. The Balaban J connectivity index is 2.69. The van der Waals surface area contributed by atoms with Crippen molar-refractivity contribution in [2.24, 2.45) is 0 Å². The van der Waals surface area contributed by atoms with Gasteiger partial charge in [0.05, 0.1) is 5.52 Å². The lowest BCUT2D eigenvalue weighted by molar-refractivity contribution is 0.0691. The van der Waals surface area contributed by atoms with E-state index in [1.807, 2.05) is 6.07 Å². The molecule has 0 bridgehead atoms. The molecule has 0 unspecified atom stereocenters. The Morgan fingerprint density at radius 2 is 2.23 bits per heavy atom. The third-order valence-corrected chi connectivity index (χ3v) is 1.76. The quantitative estimate of drug-likeness (QED) is 0.712. The molecule has 0 saturated carbocycles. The number of hydrogen-bond acceptors (Lipinski definition) is 2. The lowest BCUT2D eigenvalue weighted by atomic mass is 10.2. The molecule has 2 rings (SSSR count). The van der Waals surface area contributed by atoms with Crippen molar-refractivity contribution < 1.29 is 9.90 Å². The van der Waals surface area contributed by atoms with Gasteiger partial charge < -0.3 is 5.11 Å². The Bertz CT molecular complexity index is 465. The molecular weight excluding hydrogens is 166 g/mol. The first-order chi connectivity index (χ1) is 6.27. The summed E-state index contributed by atoms with van der Waals surface area (Å²) < 4.78 is 0. The fourth-order valence-electron chi connectivity index (χ4n) is 1.13. The number of aromatic nitrogens is 1. The number of nitrogens with zero attached hydrogens (tertiary/aromatic N) is 1. The van der Waals surface area contributed by atoms with E-state index in [2.05, 4.69) is 11.1 Å². The predicted molar refractivity (Wildman–Crippen MR) is 47.5 cm³/mol. The van der Waals surface area contributed by atoms with E-state index in [1.165, 1.54) is 6.07 Å². The third kappa shape index (κ3) is 1.36. The molecule has 13 heavy (non-hydrogen) atoms. The van der Waals surface area contributed by atoms with E-state index in [9.17, 15) is 4.79 Å². The van der Waals surface area contributed by atoms with E-state index in [-0.39, 0.29) is 5.69 Å². The monoisotopic (exact) mass is 172 g/mol. The summed E-state index contributed by atoms with van der Waals surface area (Å²) in [7, 11) is 0. The zero-order chi connectivity index (χ0) is 9.26. The Morgan fingerprint density at radius 3 is 3.00 bits per heavy atom. The highest BCUT2D eigenvalue weighted by Gasteiger charge is 2.03. The molecule has 0 fully saturated rings. The van der Waals surface area contributed by atoms with Gasteiger partial charge in [0.2, 0.25) is 0 Å². The number of aromatic carboxylic acids is 1. The van der Waals surface area contributed by atoms with E-state index >= 15 is 0 Å². The lowest BCUT2D eigenvalue weighted by Gasteiger charge is -1.97. The zero-order valence-corrected chi connectivity index (χ0v) is 6.69. The molecule has 0 aliphatic rings. The largest absolute Gasteiger partial charge is 0.477 e. The van der Waals surface area contributed by atoms with Crippen LogP contribution in [0.3, 0.4) is 0 Å². The van der Waals surface area contributed by atoms with Gasteiger partial charge in [0.15, 0.2) is 0 Å². The van der Waals surface area contributed by atoms with E-state index in [4.69, 9.17) is 5.11 Å². The number of carboxylic acids is 1. The standard InChI is InChI=1S/C10H6NO2/c12-10(13)9-6-5-7-3-1-2-4-8(7)11-9/h1,3-6H,(H,12,13). The van der Waals surface area contributed by atoms with Gasteiger partial charge in [-0.2, -0.15) is 0 Å². The summed E-state index contributed by atoms with van der Waals surface area (Å²) in [5.41, 5.74) is 0.717. The number of fused-ring (bicyclic) bond motifs is 1. The van der Waals surface area contributed by atoms with Gasteiger partial charge in [-0.15, -0.1) is 0 Å². The maximum Gasteiger partial charge on any atom is 0.354 e. The molecule has 3 heteroatoms. The summed E-state index contributed by atoms with van der Waals surface area (Å²) in [6, 6.07) is 11.4. The highest BCUT2D eigenvalue weighted by atomic mass is 16.4. The van der Waals surface area contributed by atoms with E-state index < -0.39 is 5.97 Å². The molecule has 0 atom stereocenters. The number of carbonyl (C=O) groups is 1. The molecule has 1 aromatic heterocycles. The molecule has 1 N–H and O–H groups in total. The molecule has 0 spiro atoms. The fraction of sp³-hybridized carbons (Fsp3) is 0. The van der Waals surface area contributed by atoms with Crippen LogP contribution in [0.4, 0.5) is 0 Å². The van der Waals surface area contributed by atoms with Crippen LogP contribution in [0.1, 0.15) is 10.5 Å². The SMILES string of the molecule is O=C(O)c1ccc2cc[c]cc2n1. The highest BCUT2D eigenvalue weighted by Crippen LogP contribution is 2.10. The minimum absolute atomic E-state index is 0.0621. The molecule has 0 aliphatic heterocycles. The molecule has 0 saturated heterocycles. The number of hydrogen-bond donors (Lipinski definition) is 1. The average Bonchev–Trinajstić information content (AvgIpc) is 2.17. The van der Waals surface area contributed by atoms with Gasteiger partial charge in [-0.1, -0.05) is 18.2 Å². The second-order valence-electron chi connectivity index (χ2n) is 2.62. The second-order valence-corrected chi connectivity index (χ2v) is 2.62. The molecule has 0 amide bonds. The molecule has 3 nitrogen and oxygen atoms in total. The van der Waals surface area contributed by atoms with Gasteiger partial charge in [-0.05, 0) is 18.2 Å². The summed E-state index contributed by atoms with van der Waals surface area (Å²) in [6.45, 7) is 0. The summed E-state index contributed by atoms with van der Waals surface area (Å²) >= 11 is 0. The molecule has 1 aromatic carbocycles. The van der Waals surface area contributed by atoms with Gasteiger partial charge in [0.1, 0.15) is 5.69 Å². The molecule has 0 aliphatic carbocycles. The topological polar surface area (TPSA) is 50.2 Å². The maximum atomic E-state index is 10.6. The van der Waals surface area contributed by atoms with Gasteiger partial charge in [0, 0.05) is 5.39 Å². The first-order valence-electron chi connectivity index (χ1n) is 3.77. The maximum absolute atomic E-state index is 10.6. The summed E-state index contributed by atoms with van der Waals surface area (Å²) in [5.74, 6) is -1.01. The normalized spacial score (nSPS) is 10.2. The van der Waals surface area contributed by atoms with Gasteiger partial charge in [-0.25, -0.2) is 9.78 Å². The van der Waals surface area contributed by atoms with E-state index in [0.717, 1.165) is 5.39 Å². The van der Waals surface area contributed by atoms with Gasteiger partial charge in [0.25, 0.3) is 0 Å². The molecule has 63 valence electrons. The summed E-state index contributed by atoms with van der Waals surface area (Å²) in [4.78, 5) is 14.5. The minimum Gasteiger partial charge on any atom is -0.477 e. The van der Waals surface area contributed by atoms with Crippen LogP contribution in [-0.2, 0) is 0 Å². The van der Waals surface area contributed by atoms with E-state index in [1.54, 1.807) is 18.2 Å². The third-order valence-electron chi connectivity index (χ3n) is 1.76. The Labute approximate surface area is 74.7 Å². The van der Waals surface area contributed by atoms with Crippen LogP contribution >= 0.6 is 0 Å². The second kappa shape index (κ2) is 2.86. The van der Waals surface area contributed by atoms with Crippen molar-refractivity contribution in [1.29, 1.82) is 0 Å². The van der Waals surface area contributed by atoms with Crippen LogP contribution in [0.15, 0.2) is 30.3 Å². The van der Waals surface area contributed by atoms with E-state index in [0.29, 0.717) is 5.52 Å². The van der Waals surface area contributed by atoms with Crippen LogP contribution in [0, 0.1) is 6.07 Å². The molecular formula is C10H6NO2. The summed E-state index contributed by atoms with van der Waals surface area (Å²) in [6.07, 6.45) is 0. The van der Waals surface area contributed by atoms with Crippen molar-refractivity contribution in [1.82, 2.24) is 4.98 Å². The molecule has 2 aromatic rings. The Morgan fingerprint density at radius 1 is 1.38 bits per heavy atom. The van der Waals surface area contributed by atoms with Crippen LogP contribution in [0.25, 0.3) is 10.9 Å². The van der Waals surface area contributed by atoms with Crippen molar-refractivity contribution in [2.75, 3.05) is 0 Å². The molecule has 1 radical (unpaired) electrons. The Kier molecular flexibility index (Phi) is 1.70. The van der Waals surface area contributed by atoms with Crippen LogP contribution in [-0.4, -0.2) is 16.1 Å². The lowest BCUT2D eigenvalue weighted by Crippen LogP contribution is -1.99. The number of pyridine rings is 1. The van der Waals surface area contributed by atoms with Crippen LogP contribution < -0.4 is 0 Å². The van der Waals surface area contributed by atoms with Crippen molar-refractivity contribution >= 4 is 16.9 Å². The molecule has 1 heterocycles. The number of carboxylic acid groups (broad SMARTS) is 1. The van der Waals surface area contributed by atoms with Crippen LogP contribution in [0.2, 0.25) is 0 Å². The minimum atomic E-state index is -1.01. The van der Waals surface area contributed by atoms with Crippen molar-refractivity contribution in [3.63, 3.8) is 0 Å². The number of benzene rings is 1. The average molecular weight is 172 g/mol. The predicted octanol–water partition coefficient (Wildman–Crippen LogP) is 1.73. The van der Waals surface area contributed by atoms with Crippen molar-refractivity contribution in [3.05, 3.63) is 42.1 Å².